The molecule has 0 aromatic carbocycles. The number of nitrogens with one attached hydrogen (secondary N) is 3. The maximum atomic E-state index is 11.9. The number of H-pyrrole nitrogens is 1. The van der Waals surface area contributed by atoms with Crippen LogP contribution >= 0.6 is 0 Å². The van der Waals surface area contributed by atoms with Crippen molar-refractivity contribution in [2.24, 2.45) is 5.41 Å². The molecule has 0 radical (unpaired) electrons. The Bertz CT molecular complexity index is 489. The number of piperidine rings is 1. The van der Waals surface area contributed by atoms with Crippen LogP contribution in [0.2, 0.25) is 0 Å². The van der Waals surface area contributed by atoms with Crippen LogP contribution in [0.1, 0.15) is 37.2 Å². The predicted molar refractivity (Wildman–Crippen MR) is 72.0 cm³/mol. The maximum absolute atomic E-state index is 11.9. The molecule has 1 aromatic rings. The molecule has 6 heteroatoms. The lowest BCUT2D eigenvalue weighted by atomic mass is 9.77. The van der Waals surface area contributed by atoms with E-state index in [2.05, 4.69) is 34.4 Å². The number of carbonyl (C=O) groups is 1. The SMILES string of the molecule is CC1(C)CCCNC1CNC(=O)c1c[nH]c(=O)cn1. The Labute approximate surface area is 112 Å². The van der Waals surface area contributed by atoms with Gasteiger partial charge in [0, 0.05) is 18.8 Å². The van der Waals surface area contributed by atoms with Crippen molar-refractivity contribution in [1.29, 1.82) is 0 Å². The number of amides is 1. The van der Waals surface area contributed by atoms with Gasteiger partial charge < -0.3 is 15.6 Å². The summed E-state index contributed by atoms with van der Waals surface area (Å²) in [6.07, 6.45) is 4.76. The Morgan fingerprint density at radius 2 is 2.37 bits per heavy atom. The minimum atomic E-state index is -0.313. The smallest absolute Gasteiger partial charge is 0.271 e. The molecule has 1 saturated heterocycles. The van der Waals surface area contributed by atoms with Crippen LogP contribution in [0.3, 0.4) is 0 Å². The highest BCUT2D eigenvalue weighted by molar-refractivity contribution is 5.91. The molecule has 1 aromatic heterocycles. The van der Waals surface area contributed by atoms with Crippen molar-refractivity contribution in [3.05, 3.63) is 28.4 Å². The predicted octanol–water partition coefficient (Wildman–Crippen LogP) is 0.278. The number of rotatable bonds is 3. The van der Waals surface area contributed by atoms with Gasteiger partial charge in [0.1, 0.15) is 5.69 Å². The fourth-order valence-corrected chi connectivity index (χ4v) is 2.37. The third-order valence-corrected chi connectivity index (χ3v) is 3.70. The number of hydrogen-bond acceptors (Lipinski definition) is 4. The van der Waals surface area contributed by atoms with E-state index in [9.17, 15) is 9.59 Å². The first-order valence-corrected chi connectivity index (χ1v) is 6.55. The van der Waals surface area contributed by atoms with Crippen LogP contribution in [0.15, 0.2) is 17.2 Å². The van der Waals surface area contributed by atoms with Crippen LogP contribution in [0.25, 0.3) is 0 Å². The molecule has 1 atom stereocenters. The normalized spacial score (nSPS) is 21.9. The quantitative estimate of drug-likeness (QED) is 0.731. The van der Waals surface area contributed by atoms with E-state index in [4.69, 9.17) is 0 Å². The van der Waals surface area contributed by atoms with E-state index in [1.165, 1.54) is 12.6 Å². The number of hydrogen-bond donors (Lipinski definition) is 3. The Hall–Kier alpha value is -1.69. The first kappa shape index (κ1) is 13.7. The highest BCUT2D eigenvalue weighted by Crippen LogP contribution is 2.29. The number of aromatic amines is 1. The van der Waals surface area contributed by atoms with Gasteiger partial charge in [0.15, 0.2) is 0 Å². The molecular formula is C13H20N4O2. The molecule has 1 aliphatic heterocycles. The Kier molecular flexibility index (Phi) is 3.99. The second-order valence-corrected chi connectivity index (χ2v) is 5.61. The zero-order valence-electron chi connectivity index (χ0n) is 11.3. The molecule has 3 N–H and O–H groups in total. The van der Waals surface area contributed by atoms with Crippen molar-refractivity contribution in [2.75, 3.05) is 13.1 Å². The summed E-state index contributed by atoms with van der Waals surface area (Å²) in [7, 11) is 0. The van der Waals surface area contributed by atoms with Gasteiger partial charge in [-0.15, -0.1) is 0 Å². The van der Waals surface area contributed by atoms with Crippen molar-refractivity contribution in [3.8, 4) is 0 Å². The summed E-state index contributed by atoms with van der Waals surface area (Å²) in [4.78, 5) is 29.0. The third kappa shape index (κ3) is 3.41. The lowest BCUT2D eigenvalue weighted by Crippen LogP contribution is -2.52. The molecule has 0 bridgehead atoms. The number of nitrogens with zero attached hydrogens (tertiary/aromatic N) is 1. The van der Waals surface area contributed by atoms with Crippen LogP contribution in [0.5, 0.6) is 0 Å². The molecule has 19 heavy (non-hydrogen) atoms. The molecule has 1 unspecified atom stereocenters. The average molecular weight is 264 g/mol. The number of carbonyl (C=O) groups excluding carboxylic acids is 1. The van der Waals surface area contributed by atoms with E-state index < -0.39 is 0 Å². The Balaban J connectivity index is 1.93. The number of aromatic nitrogens is 2. The van der Waals surface area contributed by atoms with Crippen LogP contribution in [0.4, 0.5) is 0 Å². The Morgan fingerprint density at radius 3 is 3.00 bits per heavy atom. The van der Waals surface area contributed by atoms with Crippen molar-refractivity contribution in [3.63, 3.8) is 0 Å². The summed E-state index contributed by atoms with van der Waals surface area (Å²) in [6, 6.07) is 0.257. The molecule has 1 fully saturated rings. The van der Waals surface area contributed by atoms with Gasteiger partial charge in [0.25, 0.3) is 11.5 Å². The molecule has 0 spiro atoms. The lowest BCUT2D eigenvalue weighted by Gasteiger charge is -2.39. The van der Waals surface area contributed by atoms with Crippen molar-refractivity contribution in [1.82, 2.24) is 20.6 Å². The van der Waals surface area contributed by atoms with E-state index in [1.54, 1.807) is 0 Å². The van der Waals surface area contributed by atoms with Crippen LogP contribution in [-0.2, 0) is 0 Å². The molecule has 0 saturated carbocycles. The topological polar surface area (TPSA) is 86.9 Å². The van der Waals surface area contributed by atoms with Crippen molar-refractivity contribution >= 4 is 5.91 Å². The summed E-state index contributed by atoms with van der Waals surface area (Å²) in [5.74, 6) is -0.264. The fourth-order valence-electron chi connectivity index (χ4n) is 2.37. The van der Waals surface area contributed by atoms with E-state index >= 15 is 0 Å². The van der Waals surface area contributed by atoms with E-state index in [1.807, 2.05) is 0 Å². The van der Waals surface area contributed by atoms with Gasteiger partial charge in [0.2, 0.25) is 0 Å². The monoisotopic (exact) mass is 264 g/mol. The van der Waals surface area contributed by atoms with Gasteiger partial charge in [0.05, 0.1) is 6.20 Å². The Morgan fingerprint density at radius 1 is 1.58 bits per heavy atom. The molecule has 1 aliphatic rings. The molecule has 0 aliphatic carbocycles. The van der Waals surface area contributed by atoms with Gasteiger partial charge in [-0.05, 0) is 24.8 Å². The first-order chi connectivity index (χ1) is 8.99. The van der Waals surface area contributed by atoms with Crippen LogP contribution < -0.4 is 16.2 Å². The molecule has 6 nitrogen and oxygen atoms in total. The minimum absolute atomic E-state index is 0.171. The van der Waals surface area contributed by atoms with Crippen molar-refractivity contribution in [2.45, 2.75) is 32.7 Å². The van der Waals surface area contributed by atoms with Gasteiger partial charge in [-0.1, -0.05) is 13.8 Å². The summed E-state index contributed by atoms with van der Waals surface area (Å²) in [5, 5.41) is 6.29. The first-order valence-electron chi connectivity index (χ1n) is 6.55. The summed E-state index contributed by atoms with van der Waals surface area (Å²) < 4.78 is 0. The second-order valence-electron chi connectivity index (χ2n) is 5.61. The summed E-state index contributed by atoms with van der Waals surface area (Å²) in [6.45, 7) is 5.95. The third-order valence-electron chi connectivity index (χ3n) is 3.70. The molecule has 2 heterocycles. The van der Waals surface area contributed by atoms with E-state index in [0.29, 0.717) is 6.54 Å². The van der Waals surface area contributed by atoms with Crippen molar-refractivity contribution < 1.29 is 4.79 Å². The summed E-state index contributed by atoms with van der Waals surface area (Å²) in [5.41, 5.74) is 0.0871. The average Bonchev–Trinajstić information content (AvgIpc) is 2.37. The van der Waals surface area contributed by atoms with Gasteiger partial charge in [-0.3, -0.25) is 9.59 Å². The fraction of sp³-hybridized carbons (Fsp3) is 0.615. The van der Waals surface area contributed by atoms with E-state index in [-0.39, 0.29) is 28.6 Å². The standard InChI is InChI=1S/C13H20N4O2/c1-13(2)4-3-5-14-10(13)7-17-12(19)9-6-16-11(18)8-15-9/h6,8,10,14H,3-5,7H2,1-2H3,(H,16,18)(H,17,19). The largest absolute Gasteiger partial charge is 0.349 e. The summed E-state index contributed by atoms with van der Waals surface area (Å²) >= 11 is 0. The molecule has 1 amide bonds. The molecular weight excluding hydrogens is 244 g/mol. The van der Waals surface area contributed by atoms with Gasteiger partial charge in [-0.25, -0.2) is 4.98 Å². The van der Waals surface area contributed by atoms with E-state index in [0.717, 1.165) is 19.2 Å². The van der Waals surface area contributed by atoms with Crippen LogP contribution in [-0.4, -0.2) is 35.0 Å². The lowest BCUT2D eigenvalue weighted by molar-refractivity contribution is 0.0923. The zero-order chi connectivity index (χ0) is 13.9. The minimum Gasteiger partial charge on any atom is -0.349 e. The highest BCUT2D eigenvalue weighted by atomic mass is 16.2. The van der Waals surface area contributed by atoms with Crippen LogP contribution in [0, 0.1) is 5.41 Å². The molecule has 2 rings (SSSR count). The highest BCUT2D eigenvalue weighted by Gasteiger charge is 2.32. The zero-order valence-corrected chi connectivity index (χ0v) is 11.3. The molecule has 104 valence electrons. The second kappa shape index (κ2) is 5.52. The van der Waals surface area contributed by atoms with Gasteiger partial charge in [-0.2, -0.15) is 0 Å². The van der Waals surface area contributed by atoms with Gasteiger partial charge >= 0.3 is 0 Å². The maximum Gasteiger partial charge on any atom is 0.271 e.